The average Bonchev–Trinajstić information content (AvgIpc) is 2.55. The molecular formula is C16H23NO3. The second-order valence-corrected chi connectivity index (χ2v) is 6.34. The maximum Gasteiger partial charge on any atom is 0.304 e. The summed E-state index contributed by atoms with van der Waals surface area (Å²) < 4.78 is 5.76. The summed E-state index contributed by atoms with van der Waals surface area (Å²) in [5.41, 5.74) is 2.54. The zero-order valence-corrected chi connectivity index (χ0v) is 12.5. The van der Waals surface area contributed by atoms with Crippen molar-refractivity contribution in [1.29, 1.82) is 0 Å². The third-order valence-corrected chi connectivity index (χ3v) is 3.63. The Balaban J connectivity index is 2.17. The molecule has 4 heteroatoms. The van der Waals surface area contributed by atoms with E-state index in [1.807, 2.05) is 6.07 Å². The third-order valence-electron chi connectivity index (χ3n) is 3.63. The Morgan fingerprint density at radius 2 is 2.15 bits per heavy atom. The number of nitrogens with zero attached hydrogens (tertiary/aromatic N) is 1. The van der Waals surface area contributed by atoms with Crippen molar-refractivity contribution in [1.82, 2.24) is 4.90 Å². The van der Waals surface area contributed by atoms with Gasteiger partial charge in [0, 0.05) is 25.2 Å². The number of benzene rings is 1. The molecule has 0 aromatic heterocycles. The van der Waals surface area contributed by atoms with Gasteiger partial charge < -0.3 is 9.84 Å². The van der Waals surface area contributed by atoms with Crippen LogP contribution in [0.25, 0.3) is 0 Å². The summed E-state index contributed by atoms with van der Waals surface area (Å²) in [5.74, 6) is 0.176. The highest BCUT2D eigenvalue weighted by molar-refractivity contribution is 5.66. The molecule has 0 atom stereocenters. The molecule has 0 bridgehead atoms. The molecule has 0 saturated carbocycles. The molecule has 20 heavy (non-hydrogen) atoms. The van der Waals surface area contributed by atoms with E-state index in [4.69, 9.17) is 9.84 Å². The standard InChI is InChI=1S/C16H23NO3/c1-16(2,3)13-4-5-14-12(10-13)11-17(8-9-20-14)7-6-15(18)19/h4-5,10H,6-9,11H2,1-3H3,(H,18,19). The van der Waals surface area contributed by atoms with E-state index in [9.17, 15) is 4.79 Å². The number of carboxylic acid groups (broad SMARTS) is 1. The van der Waals surface area contributed by atoms with Gasteiger partial charge in [-0.2, -0.15) is 0 Å². The summed E-state index contributed by atoms with van der Waals surface area (Å²) in [4.78, 5) is 12.8. The quantitative estimate of drug-likeness (QED) is 0.923. The van der Waals surface area contributed by atoms with E-state index in [2.05, 4.69) is 37.8 Å². The van der Waals surface area contributed by atoms with E-state index in [1.165, 1.54) is 5.56 Å². The molecule has 0 saturated heterocycles. The van der Waals surface area contributed by atoms with Gasteiger partial charge in [0.1, 0.15) is 12.4 Å². The Hall–Kier alpha value is -1.55. The predicted molar refractivity (Wildman–Crippen MR) is 78.2 cm³/mol. The zero-order chi connectivity index (χ0) is 14.8. The molecule has 110 valence electrons. The van der Waals surface area contributed by atoms with Gasteiger partial charge in [-0.3, -0.25) is 9.69 Å². The van der Waals surface area contributed by atoms with Crippen molar-refractivity contribution in [3.05, 3.63) is 29.3 Å². The maximum atomic E-state index is 10.7. The first kappa shape index (κ1) is 14.9. The molecule has 0 radical (unpaired) electrons. The molecule has 1 aliphatic rings. The first-order chi connectivity index (χ1) is 9.36. The lowest BCUT2D eigenvalue weighted by Gasteiger charge is -2.22. The Kier molecular flexibility index (Phi) is 4.33. The molecule has 1 aliphatic heterocycles. The SMILES string of the molecule is CC(C)(C)c1ccc2c(c1)CN(CCC(=O)O)CCO2. The topological polar surface area (TPSA) is 49.8 Å². The molecule has 0 fully saturated rings. The van der Waals surface area contributed by atoms with Crippen LogP contribution >= 0.6 is 0 Å². The second kappa shape index (κ2) is 5.83. The van der Waals surface area contributed by atoms with E-state index < -0.39 is 5.97 Å². The van der Waals surface area contributed by atoms with Crippen LogP contribution in [0.4, 0.5) is 0 Å². The van der Waals surface area contributed by atoms with Crippen LogP contribution in [0.1, 0.15) is 38.3 Å². The normalized spacial score (nSPS) is 16.1. The lowest BCUT2D eigenvalue weighted by atomic mass is 9.86. The number of carboxylic acids is 1. The van der Waals surface area contributed by atoms with Gasteiger partial charge in [-0.25, -0.2) is 0 Å². The van der Waals surface area contributed by atoms with Crippen LogP contribution in [0, 0.1) is 0 Å². The first-order valence-electron chi connectivity index (χ1n) is 7.06. The molecule has 1 N–H and O–H groups in total. The molecule has 1 aromatic carbocycles. The summed E-state index contributed by atoms with van der Waals surface area (Å²) in [6, 6.07) is 6.34. The largest absolute Gasteiger partial charge is 0.492 e. The summed E-state index contributed by atoms with van der Waals surface area (Å²) in [5, 5.41) is 8.80. The fourth-order valence-electron chi connectivity index (χ4n) is 2.36. The fraction of sp³-hybridized carbons (Fsp3) is 0.562. The third kappa shape index (κ3) is 3.73. The predicted octanol–water partition coefficient (Wildman–Crippen LogP) is 2.65. The highest BCUT2D eigenvalue weighted by Gasteiger charge is 2.20. The number of hydrogen-bond acceptors (Lipinski definition) is 3. The molecule has 2 rings (SSSR count). The lowest BCUT2D eigenvalue weighted by Crippen LogP contribution is -2.28. The number of hydrogen-bond donors (Lipinski definition) is 1. The van der Waals surface area contributed by atoms with Crippen molar-refractivity contribution in [2.75, 3.05) is 19.7 Å². The van der Waals surface area contributed by atoms with Gasteiger partial charge in [0.2, 0.25) is 0 Å². The molecule has 0 unspecified atom stereocenters. The number of rotatable bonds is 3. The van der Waals surface area contributed by atoms with Gasteiger partial charge in [0.25, 0.3) is 0 Å². The summed E-state index contributed by atoms with van der Waals surface area (Å²) >= 11 is 0. The van der Waals surface area contributed by atoms with E-state index in [1.54, 1.807) is 0 Å². The van der Waals surface area contributed by atoms with Crippen molar-refractivity contribution in [3.8, 4) is 5.75 Å². The minimum absolute atomic E-state index is 0.104. The molecule has 0 spiro atoms. The van der Waals surface area contributed by atoms with Crippen molar-refractivity contribution < 1.29 is 14.6 Å². The van der Waals surface area contributed by atoms with Gasteiger partial charge in [-0.15, -0.1) is 0 Å². The fourth-order valence-corrected chi connectivity index (χ4v) is 2.36. The first-order valence-corrected chi connectivity index (χ1v) is 7.06. The molecule has 0 aliphatic carbocycles. The highest BCUT2D eigenvalue weighted by Crippen LogP contribution is 2.30. The summed E-state index contributed by atoms with van der Waals surface area (Å²) in [6.07, 6.45) is 0.175. The zero-order valence-electron chi connectivity index (χ0n) is 12.5. The maximum absolute atomic E-state index is 10.7. The monoisotopic (exact) mass is 277 g/mol. The van der Waals surface area contributed by atoms with E-state index >= 15 is 0 Å². The molecule has 1 aromatic rings. The Morgan fingerprint density at radius 1 is 1.40 bits per heavy atom. The Morgan fingerprint density at radius 3 is 2.80 bits per heavy atom. The number of aliphatic carboxylic acids is 1. The van der Waals surface area contributed by atoms with Crippen LogP contribution in [0.15, 0.2) is 18.2 Å². The van der Waals surface area contributed by atoms with Crippen LogP contribution in [0.5, 0.6) is 5.75 Å². The summed E-state index contributed by atoms with van der Waals surface area (Å²) in [7, 11) is 0. The minimum Gasteiger partial charge on any atom is -0.492 e. The Bertz CT molecular complexity index is 491. The van der Waals surface area contributed by atoms with Crippen LogP contribution in [0.2, 0.25) is 0 Å². The highest BCUT2D eigenvalue weighted by atomic mass is 16.5. The smallest absolute Gasteiger partial charge is 0.304 e. The average molecular weight is 277 g/mol. The van der Waals surface area contributed by atoms with Crippen LogP contribution in [0.3, 0.4) is 0 Å². The van der Waals surface area contributed by atoms with Crippen LogP contribution in [-0.2, 0) is 16.8 Å². The van der Waals surface area contributed by atoms with Gasteiger partial charge in [-0.05, 0) is 17.0 Å². The van der Waals surface area contributed by atoms with Crippen molar-refractivity contribution >= 4 is 5.97 Å². The number of fused-ring (bicyclic) bond motifs is 1. The minimum atomic E-state index is -0.751. The van der Waals surface area contributed by atoms with Gasteiger partial charge in [0.15, 0.2) is 0 Å². The molecule has 0 amide bonds. The molecule has 1 heterocycles. The molecule has 4 nitrogen and oxygen atoms in total. The second-order valence-electron chi connectivity index (χ2n) is 6.34. The van der Waals surface area contributed by atoms with Crippen molar-refractivity contribution in [2.45, 2.75) is 39.2 Å². The van der Waals surface area contributed by atoms with Crippen molar-refractivity contribution in [2.24, 2.45) is 0 Å². The lowest BCUT2D eigenvalue weighted by molar-refractivity contribution is -0.137. The van der Waals surface area contributed by atoms with Crippen LogP contribution in [-0.4, -0.2) is 35.7 Å². The van der Waals surface area contributed by atoms with E-state index in [0.29, 0.717) is 13.2 Å². The summed E-state index contributed by atoms with van der Waals surface area (Å²) in [6.45, 7) is 9.27. The molecular weight excluding hydrogens is 254 g/mol. The Labute approximate surface area is 120 Å². The van der Waals surface area contributed by atoms with Gasteiger partial charge in [-0.1, -0.05) is 32.9 Å². The van der Waals surface area contributed by atoms with E-state index in [-0.39, 0.29) is 11.8 Å². The number of ether oxygens (including phenoxy) is 1. The van der Waals surface area contributed by atoms with Gasteiger partial charge >= 0.3 is 5.97 Å². The van der Waals surface area contributed by atoms with Crippen LogP contribution < -0.4 is 4.74 Å². The van der Waals surface area contributed by atoms with E-state index in [0.717, 1.165) is 24.4 Å². The van der Waals surface area contributed by atoms with Gasteiger partial charge in [0.05, 0.1) is 6.42 Å². The number of carbonyl (C=O) groups is 1. The van der Waals surface area contributed by atoms with Crippen molar-refractivity contribution in [3.63, 3.8) is 0 Å².